The SMILES string of the molecule is CN=C(NCc1ncc(C)s1)N1CCN(S(=O)(=O)CCOC(C)C)CC1. The Balaban J connectivity index is 1.82. The average Bonchev–Trinajstić information content (AvgIpc) is 3.01. The molecule has 1 aliphatic heterocycles. The first-order valence-electron chi connectivity index (χ1n) is 8.78. The van der Waals surface area contributed by atoms with Gasteiger partial charge in [0.1, 0.15) is 5.01 Å². The van der Waals surface area contributed by atoms with Crippen molar-refractivity contribution in [2.45, 2.75) is 33.4 Å². The number of hydrogen-bond acceptors (Lipinski definition) is 6. The van der Waals surface area contributed by atoms with E-state index in [1.807, 2.05) is 27.0 Å². The summed E-state index contributed by atoms with van der Waals surface area (Å²) in [6, 6.07) is 0. The molecule has 2 rings (SSSR count). The number of guanidine groups is 1. The van der Waals surface area contributed by atoms with Crippen LogP contribution in [-0.2, 0) is 21.3 Å². The Morgan fingerprint density at radius 3 is 2.62 bits per heavy atom. The first kappa shape index (κ1) is 21.1. The van der Waals surface area contributed by atoms with Gasteiger partial charge in [-0.05, 0) is 20.8 Å². The summed E-state index contributed by atoms with van der Waals surface area (Å²) in [5, 5.41) is 4.31. The van der Waals surface area contributed by atoms with Crippen LogP contribution in [0.15, 0.2) is 11.2 Å². The van der Waals surface area contributed by atoms with Gasteiger partial charge in [-0.2, -0.15) is 4.31 Å². The van der Waals surface area contributed by atoms with Crippen LogP contribution in [0.5, 0.6) is 0 Å². The number of rotatable bonds is 7. The van der Waals surface area contributed by atoms with Crippen LogP contribution in [0.1, 0.15) is 23.7 Å². The molecule has 1 fully saturated rings. The highest BCUT2D eigenvalue weighted by Gasteiger charge is 2.28. The lowest BCUT2D eigenvalue weighted by Crippen LogP contribution is -2.54. The van der Waals surface area contributed by atoms with Crippen molar-refractivity contribution in [3.63, 3.8) is 0 Å². The molecule has 0 saturated carbocycles. The number of aliphatic imine (C=N–C) groups is 1. The van der Waals surface area contributed by atoms with Gasteiger partial charge in [0.25, 0.3) is 0 Å². The molecule has 0 atom stereocenters. The minimum Gasteiger partial charge on any atom is -0.378 e. The summed E-state index contributed by atoms with van der Waals surface area (Å²) in [5.41, 5.74) is 0. The topological polar surface area (TPSA) is 87.1 Å². The zero-order valence-corrected chi connectivity index (χ0v) is 17.6. The molecule has 1 N–H and O–H groups in total. The molecule has 1 aromatic heterocycles. The van der Waals surface area contributed by atoms with Crippen molar-refractivity contribution in [1.82, 2.24) is 19.5 Å². The Kier molecular flexibility index (Phi) is 7.81. The average molecular weight is 404 g/mol. The number of thiazole rings is 1. The number of aromatic nitrogens is 1. The molecule has 148 valence electrons. The zero-order chi connectivity index (χ0) is 19.2. The molecule has 0 bridgehead atoms. The fraction of sp³-hybridized carbons (Fsp3) is 0.750. The summed E-state index contributed by atoms with van der Waals surface area (Å²) in [4.78, 5) is 11.9. The Morgan fingerprint density at radius 2 is 2.08 bits per heavy atom. The summed E-state index contributed by atoms with van der Waals surface area (Å²) in [7, 11) is -1.54. The van der Waals surface area contributed by atoms with Gasteiger partial charge in [-0.1, -0.05) is 0 Å². The van der Waals surface area contributed by atoms with E-state index < -0.39 is 10.0 Å². The molecule has 26 heavy (non-hydrogen) atoms. The van der Waals surface area contributed by atoms with Crippen molar-refractivity contribution in [3.05, 3.63) is 16.1 Å². The highest BCUT2D eigenvalue weighted by molar-refractivity contribution is 7.89. The molecule has 0 aliphatic carbocycles. The van der Waals surface area contributed by atoms with E-state index in [1.54, 1.807) is 22.7 Å². The summed E-state index contributed by atoms with van der Waals surface area (Å²) >= 11 is 1.65. The first-order valence-corrected chi connectivity index (χ1v) is 11.2. The van der Waals surface area contributed by atoms with E-state index in [0.717, 1.165) is 11.0 Å². The largest absolute Gasteiger partial charge is 0.378 e. The smallest absolute Gasteiger partial charge is 0.216 e. The second kappa shape index (κ2) is 9.63. The van der Waals surface area contributed by atoms with E-state index >= 15 is 0 Å². The van der Waals surface area contributed by atoms with Crippen molar-refractivity contribution >= 4 is 27.3 Å². The van der Waals surface area contributed by atoms with E-state index in [2.05, 4.69) is 20.2 Å². The summed E-state index contributed by atoms with van der Waals surface area (Å²) < 4.78 is 31.7. The van der Waals surface area contributed by atoms with Crippen molar-refractivity contribution in [1.29, 1.82) is 0 Å². The zero-order valence-electron chi connectivity index (χ0n) is 15.9. The number of ether oxygens (including phenoxy) is 1. The Labute approximate surface area is 160 Å². The van der Waals surface area contributed by atoms with Gasteiger partial charge >= 0.3 is 0 Å². The van der Waals surface area contributed by atoms with Gasteiger partial charge in [-0.3, -0.25) is 4.99 Å². The summed E-state index contributed by atoms with van der Waals surface area (Å²) in [5.74, 6) is 0.805. The number of aryl methyl sites for hydroxylation is 1. The third-order valence-electron chi connectivity index (χ3n) is 4.00. The lowest BCUT2D eigenvalue weighted by atomic mass is 10.4. The normalized spacial score (nSPS) is 17.1. The fourth-order valence-corrected chi connectivity index (χ4v) is 4.68. The first-order chi connectivity index (χ1) is 12.3. The number of nitrogens with zero attached hydrogens (tertiary/aromatic N) is 4. The lowest BCUT2D eigenvalue weighted by Gasteiger charge is -2.35. The molecule has 0 radical (unpaired) electrons. The Bertz CT molecular complexity index is 694. The minimum absolute atomic E-state index is 0.0293. The maximum atomic E-state index is 12.4. The van der Waals surface area contributed by atoms with E-state index in [4.69, 9.17) is 4.74 Å². The number of hydrogen-bond donors (Lipinski definition) is 1. The van der Waals surface area contributed by atoms with Crippen LogP contribution < -0.4 is 5.32 Å². The molecule has 0 spiro atoms. The van der Waals surface area contributed by atoms with Crippen LogP contribution in [0.3, 0.4) is 0 Å². The molecular weight excluding hydrogens is 374 g/mol. The molecule has 2 heterocycles. The van der Waals surface area contributed by atoms with Crippen LogP contribution in [0.25, 0.3) is 0 Å². The molecule has 1 aliphatic rings. The van der Waals surface area contributed by atoms with Crippen molar-refractivity contribution in [2.75, 3.05) is 45.6 Å². The maximum Gasteiger partial charge on any atom is 0.216 e. The quantitative estimate of drug-likeness (QED) is 0.538. The molecule has 10 heteroatoms. The molecule has 0 aromatic carbocycles. The van der Waals surface area contributed by atoms with Gasteiger partial charge in [0.05, 0.1) is 25.0 Å². The van der Waals surface area contributed by atoms with Crippen LogP contribution in [-0.4, -0.2) is 80.3 Å². The van der Waals surface area contributed by atoms with Crippen LogP contribution >= 0.6 is 11.3 Å². The summed E-state index contributed by atoms with van der Waals surface area (Å²) in [6.07, 6.45) is 1.90. The third kappa shape index (κ3) is 6.19. The molecule has 0 unspecified atom stereocenters. The molecule has 1 aromatic rings. The van der Waals surface area contributed by atoms with Gasteiger partial charge in [-0.25, -0.2) is 13.4 Å². The Hall–Kier alpha value is -1.23. The molecule has 1 saturated heterocycles. The van der Waals surface area contributed by atoms with Crippen molar-refractivity contribution in [3.8, 4) is 0 Å². The van der Waals surface area contributed by atoms with Crippen molar-refractivity contribution < 1.29 is 13.2 Å². The second-order valence-corrected chi connectivity index (χ2v) is 9.79. The van der Waals surface area contributed by atoms with Crippen LogP contribution in [0.4, 0.5) is 0 Å². The van der Waals surface area contributed by atoms with Gasteiger partial charge in [0.15, 0.2) is 5.96 Å². The van der Waals surface area contributed by atoms with Gasteiger partial charge in [-0.15, -0.1) is 11.3 Å². The molecular formula is C16H29N5O3S2. The van der Waals surface area contributed by atoms with E-state index in [1.165, 1.54) is 4.88 Å². The molecule has 8 nitrogen and oxygen atoms in total. The van der Waals surface area contributed by atoms with E-state index in [0.29, 0.717) is 32.7 Å². The Morgan fingerprint density at radius 1 is 1.38 bits per heavy atom. The van der Waals surface area contributed by atoms with Crippen LogP contribution in [0.2, 0.25) is 0 Å². The highest BCUT2D eigenvalue weighted by atomic mass is 32.2. The highest BCUT2D eigenvalue weighted by Crippen LogP contribution is 2.12. The van der Waals surface area contributed by atoms with Crippen LogP contribution in [0, 0.1) is 6.92 Å². The number of sulfonamides is 1. The maximum absolute atomic E-state index is 12.4. The van der Waals surface area contributed by atoms with E-state index in [-0.39, 0.29) is 18.5 Å². The fourth-order valence-electron chi connectivity index (χ4n) is 2.67. The second-order valence-electron chi connectivity index (χ2n) is 6.39. The monoisotopic (exact) mass is 403 g/mol. The number of nitrogens with one attached hydrogen (secondary N) is 1. The van der Waals surface area contributed by atoms with Gasteiger partial charge < -0.3 is 15.0 Å². The third-order valence-corrected chi connectivity index (χ3v) is 6.75. The van der Waals surface area contributed by atoms with Crippen molar-refractivity contribution in [2.24, 2.45) is 4.99 Å². The standard InChI is InChI=1S/C16H29N5O3S2/c1-13(2)24-9-10-26(22,23)21-7-5-20(6-8-21)16(17-4)19-12-15-18-11-14(3)25-15/h11,13H,5-10,12H2,1-4H3,(H,17,19). The van der Waals surface area contributed by atoms with E-state index in [9.17, 15) is 8.42 Å². The lowest BCUT2D eigenvalue weighted by molar-refractivity contribution is 0.0904. The minimum atomic E-state index is -3.27. The predicted molar refractivity (Wildman–Crippen MR) is 105 cm³/mol. The van der Waals surface area contributed by atoms with Gasteiger partial charge in [0, 0.05) is 44.3 Å². The van der Waals surface area contributed by atoms with Gasteiger partial charge in [0.2, 0.25) is 10.0 Å². The summed E-state index contributed by atoms with van der Waals surface area (Å²) in [6.45, 7) is 8.83. The molecule has 0 amide bonds. The predicted octanol–water partition coefficient (Wildman–Crippen LogP) is 0.899. The number of piperazine rings is 1.